The normalized spacial score (nSPS) is 7.58. The Morgan fingerprint density at radius 2 is 1.53 bits per heavy atom. The maximum absolute atomic E-state index is 5.81. The molecule has 0 aliphatic rings. The topological polar surface area (TPSA) is 26.0 Å². The minimum absolute atomic E-state index is 0. The third-order valence-electron chi connectivity index (χ3n) is 2.04. The summed E-state index contributed by atoms with van der Waals surface area (Å²) in [6, 6.07) is 19.7. The third kappa shape index (κ3) is 8.67. The summed E-state index contributed by atoms with van der Waals surface area (Å²) in [5, 5.41) is 0. The molecule has 0 fully saturated rings. The molecular weight excluding hydrogens is 674 g/mol. The van der Waals surface area contributed by atoms with Crippen LogP contribution in [0.3, 0.4) is 0 Å². The van der Waals surface area contributed by atoms with Crippen molar-refractivity contribution in [3.63, 3.8) is 0 Å². The Hall–Kier alpha value is 0.860. The first-order chi connectivity index (χ1) is 7.36. The molecule has 2 radical (unpaired) electrons. The molecule has 92 valence electrons. The maximum Gasteiger partial charge on any atom is 1.00 e. The monoisotopic (exact) mass is 687 g/mol. The van der Waals surface area contributed by atoms with Crippen LogP contribution in [0, 0.1) is 12.1 Å². The Morgan fingerprint density at radius 1 is 0.947 bits per heavy atom. The Kier molecular flexibility index (Phi) is 18.1. The molecule has 6 heteroatoms. The minimum Gasteiger partial charge on any atom is -1.00 e. The van der Waals surface area contributed by atoms with Crippen LogP contribution in [-0.2, 0) is 61.1 Å². The van der Waals surface area contributed by atoms with Crippen LogP contribution in [0.2, 0.25) is 0 Å². The van der Waals surface area contributed by atoms with E-state index in [4.69, 9.17) is 5.73 Å². The molecule has 1 nitrogen and oxygen atoms in total. The molecule has 0 saturated carbocycles. The van der Waals surface area contributed by atoms with Crippen molar-refractivity contribution in [2.24, 2.45) is 0 Å². The van der Waals surface area contributed by atoms with Crippen LogP contribution in [0.4, 0.5) is 5.69 Å². The number of nitrogen functional groups attached to an aromatic ring is 1. The molecular formula is C13H11Cl2Hg2NS. The first kappa shape index (κ1) is 24.9. The van der Waals surface area contributed by atoms with Gasteiger partial charge >= 0.3 is 55.3 Å². The number of thioether (sulfide) groups is 1. The van der Waals surface area contributed by atoms with Crippen molar-refractivity contribution < 1.29 is 80.2 Å². The van der Waals surface area contributed by atoms with Crippen LogP contribution in [0.15, 0.2) is 47.4 Å². The smallest absolute Gasteiger partial charge is 1.00 e. The van der Waals surface area contributed by atoms with Gasteiger partial charge in [-0.15, -0.1) is 11.8 Å². The van der Waals surface area contributed by atoms with Crippen LogP contribution in [0.25, 0.3) is 0 Å². The zero-order valence-electron chi connectivity index (χ0n) is 10.4. The van der Waals surface area contributed by atoms with Gasteiger partial charge in [0, 0.05) is 22.8 Å². The van der Waals surface area contributed by atoms with Crippen LogP contribution in [0.5, 0.6) is 0 Å². The summed E-state index contributed by atoms with van der Waals surface area (Å²) in [6.07, 6.45) is 0. The van der Waals surface area contributed by atoms with E-state index in [9.17, 15) is 0 Å². The van der Waals surface area contributed by atoms with E-state index in [1.165, 1.54) is 5.56 Å². The molecule has 19 heavy (non-hydrogen) atoms. The Labute approximate surface area is 172 Å². The summed E-state index contributed by atoms with van der Waals surface area (Å²) >= 11 is 1.72. The van der Waals surface area contributed by atoms with Gasteiger partial charge in [-0.2, -0.15) is 0 Å². The van der Waals surface area contributed by atoms with Crippen LogP contribution in [-0.4, -0.2) is 0 Å². The Bertz CT molecular complexity index is 444. The molecule has 2 N–H and O–H groups in total. The molecule has 0 aromatic heterocycles. The van der Waals surface area contributed by atoms with Crippen molar-refractivity contribution in [1.29, 1.82) is 0 Å². The van der Waals surface area contributed by atoms with Gasteiger partial charge in [-0.1, -0.05) is 42.5 Å². The SMILES string of the molecule is Nc1cc#ccc1SCc1ccccc1.[Cl-].[Cl-].[Hg+].[Hg+]. The van der Waals surface area contributed by atoms with Crippen LogP contribution >= 0.6 is 11.8 Å². The van der Waals surface area contributed by atoms with E-state index in [-0.39, 0.29) is 80.2 Å². The van der Waals surface area contributed by atoms with E-state index in [1.54, 1.807) is 17.8 Å². The van der Waals surface area contributed by atoms with E-state index in [0.29, 0.717) is 0 Å². The number of hydrogen-bond donors (Lipinski definition) is 1. The van der Waals surface area contributed by atoms with Crippen LogP contribution in [0.1, 0.15) is 5.56 Å². The molecule has 2 rings (SSSR count). The second-order valence-electron chi connectivity index (χ2n) is 3.17. The van der Waals surface area contributed by atoms with Gasteiger partial charge in [-0.3, -0.25) is 0 Å². The van der Waals surface area contributed by atoms with Crippen molar-refractivity contribution in [3.05, 3.63) is 60.2 Å². The zero-order chi connectivity index (χ0) is 10.5. The van der Waals surface area contributed by atoms with E-state index in [2.05, 4.69) is 24.3 Å². The summed E-state index contributed by atoms with van der Waals surface area (Å²) in [5.74, 6) is 0.933. The van der Waals surface area contributed by atoms with Gasteiger partial charge in [0.25, 0.3) is 0 Å². The summed E-state index contributed by atoms with van der Waals surface area (Å²) in [7, 11) is 0. The van der Waals surface area contributed by atoms with Gasteiger partial charge in [0.1, 0.15) is 0 Å². The second kappa shape index (κ2) is 13.8. The molecule has 0 heterocycles. The van der Waals surface area contributed by atoms with Crippen molar-refractivity contribution in [2.45, 2.75) is 10.6 Å². The Balaban J connectivity index is -0.000000640. The molecule has 0 unspecified atom stereocenters. The summed E-state index contributed by atoms with van der Waals surface area (Å²) in [5.41, 5.74) is 7.89. The molecule has 0 spiro atoms. The summed E-state index contributed by atoms with van der Waals surface area (Å²) < 4.78 is 0. The summed E-state index contributed by atoms with van der Waals surface area (Å²) in [6.45, 7) is 0. The average Bonchev–Trinajstić information content (AvgIpc) is 2.29. The van der Waals surface area contributed by atoms with E-state index < -0.39 is 0 Å². The van der Waals surface area contributed by atoms with Crippen LogP contribution < -0.4 is 30.5 Å². The molecule has 0 saturated heterocycles. The average molecular weight is 685 g/mol. The predicted molar refractivity (Wildman–Crippen MR) is 64.5 cm³/mol. The first-order valence-electron chi connectivity index (χ1n) is 4.70. The second-order valence-corrected chi connectivity index (χ2v) is 4.19. The fourth-order valence-electron chi connectivity index (χ4n) is 1.24. The standard InChI is InChI=1S/C13H11NS.2ClH.2Hg/c14-12-8-4-5-9-13(12)15-10-11-6-2-1-3-7-11;;;;/h1-3,6-9H,10,14H2;2*1H;;/q;;;2*+1/p-2. The molecule has 2 aromatic rings. The number of rotatable bonds is 3. The van der Waals surface area contributed by atoms with Gasteiger partial charge in [0.2, 0.25) is 0 Å². The maximum atomic E-state index is 5.81. The van der Waals surface area contributed by atoms with E-state index in [1.807, 2.05) is 24.3 Å². The van der Waals surface area contributed by atoms with Gasteiger partial charge in [-0.25, -0.2) is 0 Å². The number of anilines is 1. The van der Waals surface area contributed by atoms with Gasteiger partial charge in [-0.05, 0) is 5.56 Å². The minimum atomic E-state index is 0. The van der Waals surface area contributed by atoms with Crippen molar-refractivity contribution >= 4 is 17.4 Å². The molecule has 0 amide bonds. The van der Waals surface area contributed by atoms with Crippen molar-refractivity contribution in [2.75, 3.05) is 5.73 Å². The molecule has 0 bridgehead atoms. The van der Waals surface area contributed by atoms with Gasteiger partial charge < -0.3 is 30.5 Å². The first-order valence-corrected chi connectivity index (χ1v) is 5.69. The quantitative estimate of drug-likeness (QED) is 0.279. The number of nitrogens with two attached hydrogens (primary N) is 1. The Morgan fingerprint density at radius 3 is 2.11 bits per heavy atom. The van der Waals surface area contributed by atoms with E-state index >= 15 is 0 Å². The van der Waals surface area contributed by atoms with Gasteiger partial charge in [0.15, 0.2) is 0 Å². The van der Waals surface area contributed by atoms with Crippen molar-refractivity contribution in [3.8, 4) is 0 Å². The molecule has 0 aliphatic heterocycles. The van der Waals surface area contributed by atoms with Gasteiger partial charge in [0.05, 0.1) is 5.69 Å². The van der Waals surface area contributed by atoms with Crippen molar-refractivity contribution in [1.82, 2.24) is 0 Å². The fourth-order valence-corrected chi connectivity index (χ4v) is 2.12. The number of benzene rings is 1. The molecule has 0 aliphatic carbocycles. The predicted octanol–water partition coefficient (Wildman–Crippen LogP) is -2.84. The largest absolute Gasteiger partial charge is 1.00 e. The summed E-state index contributed by atoms with van der Waals surface area (Å²) in [4.78, 5) is 1.07. The fraction of sp³-hybridized carbons (Fsp3) is 0.0769. The third-order valence-corrected chi connectivity index (χ3v) is 3.18. The molecule has 0 atom stereocenters. The number of hydrogen-bond acceptors (Lipinski definition) is 2. The molecule has 2 aromatic carbocycles. The zero-order valence-corrected chi connectivity index (χ0v) is 23.7. The van der Waals surface area contributed by atoms with E-state index in [0.717, 1.165) is 16.3 Å². The number of halogens is 2.